The zero-order valence-corrected chi connectivity index (χ0v) is 9.98. The Bertz CT molecular complexity index is 744. The highest BCUT2D eigenvalue weighted by Crippen LogP contribution is 2.02. The summed E-state index contributed by atoms with van der Waals surface area (Å²) < 4.78 is 3.64. The van der Waals surface area contributed by atoms with Crippen LogP contribution in [-0.4, -0.2) is 18.7 Å². The number of H-pyrrole nitrogens is 1. The number of nitrogens with zero attached hydrogens (tertiary/aromatic N) is 3. The van der Waals surface area contributed by atoms with E-state index in [0.29, 0.717) is 12.2 Å². The molecule has 0 aliphatic heterocycles. The van der Waals surface area contributed by atoms with Crippen molar-refractivity contribution in [3.05, 3.63) is 31.3 Å². The lowest BCUT2D eigenvalue weighted by Crippen LogP contribution is -2.33. The normalized spacial score (nSPS) is 11.2. The van der Waals surface area contributed by atoms with Crippen molar-refractivity contribution in [3.8, 4) is 0 Å². The van der Waals surface area contributed by atoms with E-state index in [1.807, 2.05) is 6.92 Å². The van der Waals surface area contributed by atoms with Crippen LogP contribution in [0.4, 0.5) is 0 Å². The molecule has 2 rings (SSSR count). The quantitative estimate of drug-likeness (QED) is 0.739. The van der Waals surface area contributed by atoms with E-state index < -0.39 is 11.2 Å². The minimum atomic E-state index is -0.516. The molecule has 0 saturated heterocycles. The van der Waals surface area contributed by atoms with Gasteiger partial charge in [0.05, 0.1) is 0 Å². The highest BCUT2D eigenvalue weighted by molar-refractivity contribution is 5.69. The minimum absolute atomic E-state index is 0.227. The summed E-state index contributed by atoms with van der Waals surface area (Å²) in [5.74, 6) is 0. The zero-order chi connectivity index (χ0) is 12.7. The maximum Gasteiger partial charge on any atom is 0.330 e. The third-order valence-corrected chi connectivity index (χ3v) is 2.83. The minimum Gasteiger partial charge on any atom is -0.291 e. The lowest BCUT2D eigenvalue weighted by molar-refractivity contribution is 0.647. The van der Waals surface area contributed by atoms with Crippen molar-refractivity contribution in [2.75, 3.05) is 0 Å². The molecule has 2 aromatic rings. The van der Waals surface area contributed by atoms with Crippen LogP contribution in [0.25, 0.3) is 11.2 Å². The molecule has 0 aliphatic carbocycles. The summed E-state index contributed by atoms with van der Waals surface area (Å²) in [6.45, 7) is 2.39. The number of fused-ring (bicyclic) bond motifs is 1. The second-order valence-corrected chi connectivity index (χ2v) is 3.98. The van der Waals surface area contributed by atoms with Crippen LogP contribution in [0.2, 0.25) is 0 Å². The van der Waals surface area contributed by atoms with E-state index in [4.69, 9.17) is 0 Å². The van der Waals surface area contributed by atoms with Gasteiger partial charge in [-0.25, -0.2) is 9.59 Å². The van der Waals surface area contributed by atoms with Crippen molar-refractivity contribution in [2.45, 2.75) is 19.9 Å². The molecule has 0 aromatic carbocycles. The van der Waals surface area contributed by atoms with E-state index in [1.165, 1.54) is 23.2 Å². The van der Waals surface area contributed by atoms with Crippen molar-refractivity contribution >= 4 is 11.2 Å². The number of aromatic nitrogens is 4. The molecular formula is C10H14N4O3. The van der Waals surface area contributed by atoms with E-state index in [-0.39, 0.29) is 11.2 Å². The van der Waals surface area contributed by atoms with Crippen molar-refractivity contribution in [2.24, 2.45) is 14.1 Å². The molecular weight excluding hydrogens is 224 g/mol. The van der Waals surface area contributed by atoms with Crippen LogP contribution in [-0.2, 0) is 20.6 Å². The Labute approximate surface area is 95.9 Å². The van der Waals surface area contributed by atoms with Crippen LogP contribution in [0.3, 0.4) is 0 Å². The molecule has 17 heavy (non-hydrogen) atoms. The van der Waals surface area contributed by atoms with Gasteiger partial charge in [-0.1, -0.05) is 6.92 Å². The molecule has 2 aromatic heterocycles. The maximum atomic E-state index is 11.9. The van der Waals surface area contributed by atoms with E-state index >= 15 is 0 Å². The summed E-state index contributed by atoms with van der Waals surface area (Å²) in [5, 5.41) is 0. The van der Waals surface area contributed by atoms with Crippen LogP contribution in [0.5, 0.6) is 0 Å². The first-order valence-electron chi connectivity index (χ1n) is 5.37. The highest BCUT2D eigenvalue weighted by atomic mass is 16.2. The van der Waals surface area contributed by atoms with Gasteiger partial charge in [0.2, 0.25) is 0 Å². The predicted octanol–water partition coefficient (Wildman–Crippen LogP) is -0.863. The van der Waals surface area contributed by atoms with E-state index in [9.17, 15) is 14.4 Å². The lowest BCUT2D eigenvalue weighted by Gasteiger charge is -2.00. The van der Waals surface area contributed by atoms with Gasteiger partial charge in [0.1, 0.15) is 5.65 Å². The van der Waals surface area contributed by atoms with Crippen molar-refractivity contribution in [1.29, 1.82) is 0 Å². The molecule has 0 unspecified atom stereocenters. The van der Waals surface area contributed by atoms with Crippen molar-refractivity contribution < 1.29 is 0 Å². The lowest BCUT2D eigenvalue weighted by atomic mass is 10.4. The molecule has 0 bridgehead atoms. The summed E-state index contributed by atoms with van der Waals surface area (Å²) in [6.07, 6.45) is 0.746. The molecule has 0 radical (unpaired) electrons. The van der Waals surface area contributed by atoms with E-state index in [2.05, 4.69) is 4.98 Å². The molecule has 7 heteroatoms. The van der Waals surface area contributed by atoms with Gasteiger partial charge in [-0.3, -0.25) is 23.5 Å². The molecule has 0 saturated carbocycles. The van der Waals surface area contributed by atoms with Gasteiger partial charge < -0.3 is 0 Å². The Balaban J connectivity index is 3.07. The summed E-state index contributed by atoms with van der Waals surface area (Å²) in [6, 6.07) is 0. The number of aryl methyl sites for hydroxylation is 2. The second kappa shape index (κ2) is 3.76. The summed E-state index contributed by atoms with van der Waals surface area (Å²) in [7, 11) is 2.90. The first-order chi connectivity index (χ1) is 7.99. The molecule has 2 heterocycles. The average Bonchev–Trinajstić information content (AvgIpc) is 2.52. The summed E-state index contributed by atoms with van der Waals surface area (Å²) in [4.78, 5) is 37.9. The number of hydrogen-bond acceptors (Lipinski definition) is 3. The predicted molar refractivity (Wildman–Crippen MR) is 63.3 cm³/mol. The Hall–Kier alpha value is -2.05. The van der Waals surface area contributed by atoms with Crippen LogP contribution >= 0.6 is 0 Å². The first kappa shape index (κ1) is 11.4. The molecule has 0 amide bonds. The molecule has 7 nitrogen and oxygen atoms in total. The van der Waals surface area contributed by atoms with Crippen molar-refractivity contribution in [3.63, 3.8) is 0 Å². The van der Waals surface area contributed by atoms with Gasteiger partial charge in [0, 0.05) is 20.6 Å². The van der Waals surface area contributed by atoms with E-state index in [0.717, 1.165) is 11.0 Å². The van der Waals surface area contributed by atoms with Crippen molar-refractivity contribution in [1.82, 2.24) is 18.7 Å². The second-order valence-electron chi connectivity index (χ2n) is 3.98. The van der Waals surface area contributed by atoms with Gasteiger partial charge in [-0.15, -0.1) is 0 Å². The highest BCUT2D eigenvalue weighted by Gasteiger charge is 2.15. The molecule has 0 fully saturated rings. The smallest absolute Gasteiger partial charge is 0.291 e. The number of aromatic amines is 1. The Morgan fingerprint density at radius 2 is 1.76 bits per heavy atom. The largest absolute Gasteiger partial charge is 0.330 e. The fourth-order valence-electron chi connectivity index (χ4n) is 1.90. The van der Waals surface area contributed by atoms with E-state index in [1.54, 1.807) is 0 Å². The third-order valence-electron chi connectivity index (χ3n) is 2.83. The topological polar surface area (TPSA) is 81.8 Å². The monoisotopic (exact) mass is 238 g/mol. The number of hydrogen-bond donors (Lipinski definition) is 1. The summed E-state index contributed by atoms with van der Waals surface area (Å²) in [5.41, 5.74) is -0.741. The van der Waals surface area contributed by atoms with Gasteiger partial charge in [-0.05, 0) is 6.42 Å². The van der Waals surface area contributed by atoms with Crippen LogP contribution < -0.4 is 16.9 Å². The number of imidazole rings is 1. The Kier molecular flexibility index (Phi) is 2.53. The standard InChI is InChI=1S/C10H14N4O3/c1-4-5-14-7-6(12(2)10(14)17)8(15)13(3)9(16)11-7/h4-5H2,1-3H3,(H,11,16). The molecule has 0 atom stereocenters. The third kappa shape index (κ3) is 1.46. The fraction of sp³-hybridized carbons (Fsp3) is 0.500. The molecule has 0 spiro atoms. The Morgan fingerprint density at radius 1 is 1.12 bits per heavy atom. The Morgan fingerprint density at radius 3 is 2.35 bits per heavy atom. The first-order valence-corrected chi connectivity index (χ1v) is 5.37. The molecule has 1 N–H and O–H groups in total. The van der Waals surface area contributed by atoms with Gasteiger partial charge in [-0.2, -0.15) is 0 Å². The zero-order valence-electron chi connectivity index (χ0n) is 9.98. The average molecular weight is 238 g/mol. The fourth-order valence-corrected chi connectivity index (χ4v) is 1.90. The van der Waals surface area contributed by atoms with Crippen LogP contribution in [0.15, 0.2) is 14.4 Å². The van der Waals surface area contributed by atoms with Gasteiger partial charge >= 0.3 is 11.4 Å². The molecule has 92 valence electrons. The van der Waals surface area contributed by atoms with Crippen LogP contribution in [0.1, 0.15) is 13.3 Å². The number of rotatable bonds is 2. The van der Waals surface area contributed by atoms with Gasteiger partial charge in [0.15, 0.2) is 5.52 Å². The summed E-state index contributed by atoms with van der Waals surface area (Å²) >= 11 is 0. The number of nitrogens with one attached hydrogen (secondary N) is 1. The van der Waals surface area contributed by atoms with Crippen LogP contribution in [0, 0.1) is 0 Å². The SMILES string of the molecule is CCCn1c(=O)n(C)c2c(=O)n(C)c(=O)[nH]c21. The molecule has 0 aliphatic rings. The van der Waals surface area contributed by atoms with Gasteiger partial charge in [0.25, 0.3) is 5.56 Å². The maximum absolute atomic E-state index is 11.9.